The first-order chi connectivity index (χ1) is 6.46. The second-order valence-electron chi connectivity index (χ2n) is 2.75. The Morgan fingerprint density at radius 1 is 1.50 bits per heavy atom. The molecule has 0 amide bonds. The van der Waals surface area contributed by atoms with E-state index in [1.807, 2.05) is 0 Å². The van der Waals surface area contributed by atoms with E-state index in [4.69, 9.17) is 10.8 Å². The van der Waals surface area contributed by atoms with Crippen molar-refractivity contribution in [2.24, 2.45) is 5.73 Å². The number of halogens is 3. The Kier molecular flexibility index (Phi) is 3.07. The summed E-state index contributed by atoms with van der Waals surface area (Å²) in [4.78, 5) is 3.54. The quantitative estimate of drug-likeness (QED) is 0.761. The van der Waals surface area contributed by atoms with Crippen LogP contribution in [0.4, 0.5) is 13.2 Å². The fourth-order valence-corrected chi connectivity index (χ4v) is 1.06. The van der Waals surface area contributed by atoms with Crippen molar-refractivity contribution < 1.29 is 18.3 Å². The van der Waals surface area contributed by atoms with Gasteiger partial charge in [-0.05, 0) is 6.07 Å². The molecule has 0 spiro atoms. The van der Waals surface area contributed by atoms with E-state index in [1.54, 1.807) is 0 Å². The van der Waals surface area contributed by atoms with E-state index in [9.17, 15) is 13.2 Å². The third-order valence-corrected chi connectivity index (χ3v) is 1.75. The number of pyridine rings is 1. The SMILES string of the molecule is N[C@H](CO)c1cnccc1C(F)(F)F. The Bertz CT molecular complexity index is 314. The van der Waals surface area contributed by atoms with Crippen molar-refractivity contribution in [2.45, 2.75) is 12.2 Å². The molecule has 0 fully saturated rings. The molecule has 0 saturated heterocycles. The van der Waals surface area contributed by atoms with Crippen LogP contribution in [0.5, 0.6) is 0 Å². The molecule has 1 aromatic rings. The van der Waals surface area contributed by atoms with Crippen LogP contribution >= 0.6 is 0 Å². The molecule has 1 aromatic heterocycles. The van der Waals surface area contributed by atoms with Gasteiger partial charge in [-0.2, -0.15) is 13.2 Å². The molecule has 14 heavy (non-hydrogen) atoms. The fraction of sp³-hybridized carbons (Fsp3) is 0.375. The molecule has 0 aromatic carbocycles. The van der Waals surface area contributed by atoms with Crippen LogP contribution in [0.15, 0.2) is 18.5 Å². The number of hydrogen-bond acceptors (Lipinski definition) is 3. The maximum Gasteiger partial charge on any atom is 0.416 e. The average Bonchev–Trinajstić information content (AvgIpc) is 2.15. The number of rotatable bonds is 2. The van der Waals surface area contributed by atoms with Gasteiger partial charge in [0.1, 0.15) is 0 Å². The molecule has 0 aliphatic rings. The first-order valence-corrected chi connectivity index (χ1v) is 3.84. The molecule has 0 saturated carbocycles. The van der Waals surface area contributed by atoms with Gasteiger partial charge in [-0.15, -0.1) is 0 Å². The summed E-state index contributed by atoms with van der Waals surface area (Å²) in [5.41, 5.74) is 4.26. The summed E-state index contributed by atoms with van der Waals surface area (Å²) in [6.45, 7) is -0.547. The highest BCUT2D eigenvalue weighted by molar-refractivity contribution is 5.28. The number of nitrogens with zero attached hydrogens (tertiary/aromatic N) is 1. The van der Waals surface area contributed by atoms with Crippen molar-refractivity contribution in [1.82, 2.24) is 4.98 Å². The normalized spacial score (nSPS) is 14.1. The second kappa shape index (κ2) is 3.93. The molecule has 1 atom stereocenters. The van der Waals surface area contributed by atoms with Crippen molar-refractivity contribution in [3.63, 3.8) is 0 Å². The lowest BCUT2D eigenvalue weighted by Gasteiger charge is -2.15. The molecule has 1 rings (SSSR count). The third-order valence-electron chi connectivity index (χ3n) is 1.75. The Hall–Kier alpha value is -1.14. The zero-order valence-corrected chi connectivity index (χ0v) is 7.12. The zero-order valence-electron chi connectivity index (χ0n) is 7.12. The molecule has 3 N–H and O–H groups in total. The van der Waals surface area contributed by atoms with Crippen LogP contribution in [0.1, 0.15) is 17.2 Å². The number of hydrogen-bond donors (Lipinski definition) is 2. The van der Waals surface area contributed by atoms with Gasteiger partial charge in [0, 0.05) is 18.0 Å². The minimum absolute atomic E-state index is 0.192. The number of aliphatic hydroxyl groups is 1. The maximum atomic E-state index is 12.4. The Labute approximate surface area is 78.4 Å². The summed E-state index contributed by atoms with van der Waals surface area (Å²) < 4.78 is 37.1. The average molecular weight is 206 g/mol. The van der Waals surface area contributed by atoms with Gasteiger partial charge in [-0.3, -0.25) is 4.98 Å². The molecule has 0 bridgehead atoms. The molecule has 6 heteroatoms. The summed E-state index contributed by atoms with van der Waals surface area (Å²) in [5, 5.41) is 8.66. The molecule has 3 nitrogen and oxygen atoms in total. The highest BCUT2D eigenvalue weighted by Crippen LogP contribution is 2.33. The molecule has 78 valence electrons. The van der Waals surface area contributed by atoms with Crippen LogP contribution < -0.4 is 5.73 Å². The lowest BCUT2D eigenvalue weighted by atomic mass is 10.0. The van der Waals surface area contributed by atoms with Gasteiger partial charge < -0.3 is 10.8 Å². The fourth-order valence-electron chi connectivity index (χ4n) is 1.06. The van der Waals surface area contributed by atoms with Crippen LogP contribution in [-0.2, 0) is 6.18 Å². The smallest absolute Gasteiger partial charge is 0.394 e. The van der Waals surface area contributed by atoms with Crippen LogP contribution in [0, 0.1) is 0 Å². The van der Waals surface area contributed by atoms with Gasteiger partial charge in [0.05, 0.1) is 18.2 Å². The van der Waals surface area contributed by atoms with Gasteiger partial charge in [-0.1, -0.05) is 0 Å². The number of aliphatic hydroxyl groups excluding tert-OH is 1. The highest BCUT2D eigenvalue weighted by atomic mass is 19.4. The van der Waals surface area contributed by atoms with E-state index in [2.05, 4.69) is 4.98 Å². The van der Waals surface area contributed by atoms with Crippen molar-refractivity contribution in [3.8, 4) is 0 Å². The summed E-state index contributed by atoms with van der Waals surface area (Å²) >= 11 is 0. The number of alkyl halides is 3. The number of nitrogens with two attached hydrogens (primary N) is 1. The lowest BCUT2D eigenvalue weighted by molar-refractivity contribution is -0.138. The minimum Gasteiger partial charge on any atom is -0.394 e. The molecule has 0 aliphatic carbocycles. The largest absolute Gasteiger partial charge is 0.416 e. The topological polar surface area (TPSA) is 59.1 Å². The van der Waals surface area contributed by atoms with E-state index in [1.165, 1.54) is 0 Å². The Balaban J connectivity index is 3.16. The Morgan fingerprint density at radius 3 is 2.64 bits per heavy atom. The van der Waals surface area contributed by atoms with Crippen LogP contribution in [0.2, 0.25) is 0 Å². The Morgan fingerprint density at radius 2 is 2.14 bits per heavy atom. The molecular weight excluding hydrogens is 197 g/mol. The van der Waals surface area contributed by atoms with Gasteiger partial charge in [0.25, 0.3) is 0 Å². The molecule has 0 aliphatic heterocycles. The minimum atomic E-state index is -4.47. The van der Waals surface area contributed by atoms with Gasteiger partial charge in [-0.25, -0.2) is 0 Å². The summed E-state index contributed by atoms with van der Waals surface area (Å²) in [6.07, 6.45) is -2.41. The standard InChI is InChI=1S/C8H9F3N2O/c9-8(10,11)6-1-2-13-3-5(6)7(12)4-14/h1-3,7,14H,4,12H2/t7-/m1/s1. The third kappa shape index (κ3) is 2.21. The van der Waals surface area contributed by atoms with Crippen molar-refractivity contribution in [1.29, 1.82) is 0 Å². The molecule has 0 radical (unpaired) electrons. The van der Waals surface area contributed by atoms with E-state index in [0.29, 0.717) is 0 Å². The first-order valence-electron chi connectivity index (χ1n) is 3.84. The van der Waals surface area contributed by atoms with Gasteiger partial charge in [0.2, 0.25) is 0 Å². The van der Waals surface area contributed by atoms with Crippen LogP contribution in [-0.4, -0.2) is 16.7 Å². The van der Waals surface area contributed by atoms with Crippen LogP contribution in [0.3, 0.4) is 0 Å². The van der Waals surface area contributed by atoms with Crippen molar-refractivity contribution in [3.05, 3.63) is 29.6 Å². The van der Waals surface area contributed by atoms with Crippen molar-refractivity contribution in [2.75, 3.05) is 6.61 Å². The first kappa shape index (κ1) is 10.9. The highest BCUT2D eigenvalue weighted by Gasteiger charge is 2.34. The van der Waals surface area contributed by atoms with E-state index < -0.39 is 24.4 Å². The lowest BCUT2D eigenvalue weighted by Crippen LogP contribution is -2.20. The summed E-state index contributed by atoms with van der Waals surface area (Å²) in [6, 6.07) is -0.217. The summed E-state index contributed by atoms with van der Waals surface area (Å²) in [7, 11) is 0. The van der Waals surface area contributed by atoms with Gasteiger partial charge >= 0.3 is 6.18 Å². The second-order valence-corrected chi connectivity index (χ2v) is 2.75. The van der Waals surface area contributed by atoms with Crippen molar-refractivity contribution >= 4 is 0 Å². The maximum absolute atomic E-state index is 12.4. The predicted octanol–water partition coefficient (Wildman–Crippen LogP) is 1.09. The molecule has 1 heterocycles. The summed E-state index contributed by atoms with van der Waals surface area (Å²) in [5.74, 6) is 0. The van der Waals surface area contributed by atoms with Crippen LogP contribution in [0.25, 0.3) is 0 Å². The molecule has 0 unspecified atom stereocenters. The monoisotopic (exact) mass is 206 g/mol. The zero-order chi connectivity index (χ0) is 10.8. The van der Waals surface area contributed by atoms with E-state index >= 15 is 0 Å². The predicted molar refractivity (Wildman–Crippen MR) is 43.3 cm³/mol. The number of aromatic nitrogens is 1. The van der Waals surface area contributed by atoms with E-state index in [-0.39, 0.29) is 5.56 Å². The van der Waals surface area contributed by atoms with Gasteiger partial charge in [0.15, 0.2) is 0 Å². The van der Waals surface area contributed by atoms with E-state index in [0.717, 1.165) is 18.5 Å². The molecular formula is C8H9F3N2O.